The summed E-state index contributed by atoms with van der Waals surface area (Å²) in [5.41, 5.74) is 1.10. The minimum atomic E-state index is 0.594. The van der Waals surface area contributed by atoms with Crippen LogP contribution in [0.3, 0.4) is 0 Å². The summed E-state index contributed by atoms with van der Waals surface area (Å²) in [6.45, 7) is 5.47. The van der Waals surface area contributed by atoms with Crippen LogP contribution in [0.25, 0.3) is 0 Å². The number of methoxy groups -OCH3 is 1. The van der Waals surface area contributed by atoms with Gasteiger partial charge in [0.1, 0.15) is 5.82 Å². The third kappa shape index (κ3) is 3.72. The van der Waals surface area contributed by atoms with Crippen LogP contribution in [-0.2, 0) is 18.2 Å². The second kappa shape index (κ2) is 6.42. The summed E-state index contributed by atoms with van der Waals surface area (Å²) in [6, 6.07) is 2.75. The van der Waals surface area contributed by atoms with E-state index in [0.717, 1.165) is 36.4 Å². The summed E-state index contributed by atoms with van der Waals surface area (Å²) < 4.78 is 7.05. The first-order chi connectivity index (χ1) is 9.10. The van der Waals surface area contributed by atoms with E-state index < -0.39 is 0 Å². The van der Waals surface area contributed by atoms with Crippen molar-refractivity contribution in [1.82, 2.24) is 9.78 Å². The topological polar surface area (TPSA) is 39.1 Å². The van der Waals surface area contributed by atoms with Gasteiger partial charge in [0.15, 0.2) is 0 Å². The molecule has 1 fully saturated rings. The number of nitrogens with zero attached hydrogens (tertiary/aromatic N) is 2. The fourth-order valence-electron chi connectivity index (χ4n) is 2.88. The molecule has 19 heavy (non-hydrogen) atoms. The van der Waals surface area contributed by atoms with Crippen molar-refractivity contribution in [3.05, 3.63) is 11.8 Å². The lowest BCUT2D eigenvalue weighted by molar-refractivity contribution is 0.201. The van der Waals surface area contributed by atoms with Crippen LogP contribution < -0.4 is 5.32 Å². The summed E-state index contributed by atoms with van der Waals surface area (Å²) in [7, 11) is 3.74. The largest absolute Gasteiger partial charge is 0.384 e. The summed E-state index contributed by atoms with van der Waals surface area (Å²) in [5, 5.41) is 8.18. The van der Waals surface area contributed by atoms with Crippen LogP contribution >= 0.6 is 0 Å². The fourth-order valence-corrected chi connectivity index (χ4v) is 2.88. The maximum Gasteiger partial charge on any atom is 0.124 e. The first-order valence-electron chi connectivity index (χ1n) is 7.38. The van der Waals surface area contributed by atoms with Crippen LogP contribution in [0.1, 0.15) is 38.8 Å². The van der Waals surface area contributed by atoms with Gasteiger partial charge in [-0.05, 0) is 31.1 Å². The Morgan fingerprint density at radius 3 is 2.84 bits per heavy atom. The predicted molar refractivity (Wildman–Crippen MR) is 78.4 cm³/mol. The Bertz CT molecular complexity index is 402. The Hall–Kier alpha value is -1.03. The Morgan fingerprint density at radius 1 is 1.37 bits per heavy atom. The average Bonchev–Trinajstić information content (AvgIpc) is 2.72. The van der Waals surface area contributed by atoms with Gasteiger partial charge in [-0.15, -0.1) is 0 Å². The van der Waals surface area contributed by atoms with Crippen LogP contribution in [-0.4, -0.2) is 29.5 Å². The van der Waals surface area contributed by atoms with E-state index in [4.69, 9.17) is 4.74 Å². The van der Waals surface area contributed by atoms with Gasteiger partial charge in [-0.3, -0.25) is 4.68 Å². The van der Waals surface area contributed by atoms with Crippen LogP contribution in [0.4, 0.5) is 5.82 Å². The van der Waals surface area contributed by atoms with E-state index in [1.54, 1.807) is 7.11 Å². The number of rotatable bonds is 5. The van der Waals surface area contributed by atoms with E-state index in [-0.39, 0.29) is 0 Å². The molecule has 1 aromatic rings. The van der Waals surface area contributed by atoms with E-state index in [1.165, 1.54) is 19.3 Å². The van der Waals surface area contributed by atoms with Crippen molar-refractivity contribution in [2.24, 2.45) is 18.9 Å². The quantitative estimate of drug-likeness (QED) is 0.890. The lowest BCUT2D eigenvalue weighted by Gasteiger charge is -2.32. The third-order valence-corrected chi connectivity index (χ3v) is 4.44. The molecule has 108 valence electrons. The molecule has 4 nitrogen and oxygen atoms in total. The summed E-state index contributed by atoms with van der Waals surface area (Å²) in [6.07, 6.45) is 4.74. The second-order valence-corrected chi connectivity index (χ2v) is 6.00. The molecule has 2 rings (SSSR count). The van der Waals surface area contributed by atoms with E-state index >= 15 is 0 Å². The average molecular weight is 265 g/mol. The molecule has 0 aliphatic heterocycles. The van der Waals surface area contributed by atoms with Gasteiger partial charge in [-0.25, -0.2) is 0 Å². The molecule has 3 atom stereocenters. The Labute approximate surface area is 116 Å². The Kier molecular flexibility index (Phi) is 4.86. The van der Waals surface area contributed by atoms with E-state index in [9.17, 15) is 0 Å². The highest BCUT2D eigenvalue weighted by atomic mass is 16.5. The molecule has 1 N–H and O–H groups in total. The number of ether oxygens (including phenoxy) is 1. The van der Waals surface area contributed by atoms with E-state index in [0.29, 0.717) is 6.04 Å². The Balaban J connectivity index is 1.93. The normalized spacial score (nSPS) is 27.5. The van der Waals surface area contributed by atoms with Gasteiger partial charge in [-0.2, -0.15) is 5.10 Å². The maximum absolute atomic E-state index is 5.10. The lowest BCUT2D eigenvalue weighted by Crippen LogP contribution is -2.30. The predicted octanol–water partition coefficient (Wildman–Crippen LogP) is 2.85. The Morgan fingerprint density at radius 2 is 2.16 bits per heavy atom. The summed E-state index contributed by atoms with van der Waals surface area (Å²) >= 11 is 0. The highest BCUT2D eigenvalue weighted by Gasteiger charge is 2.24. The van der Waals surface area contributed by atoms with Crippen molar-refractivity contribution in [3.8, 4) is 0 Å². The van der Waals surface area contributed by atoms with Crippen molar-refractivity contribution in [3.63, 3.8) is 0 Å². The van der Waals surface area contributed by atoms with Crippen molar-refractivity contribution in [2.45, 2.75) is 45.6 Å². The van der Waals surface area contributed by atoms with Gasteiger partial charge < -0.3 is 10.1 Å². The van der Waals surface area contributed by atoms with Gasteiger partial charge in [0.25, 0.3) is 0 Å². The van der Waals surface area contributed by atoms with E-state index in [1.807, 2.05) is 11.7 Å². The molecule has 0 saturated heterocycles. The molecule has 0 unspecified atom stereocenters. The van der Waals surface area contributed by atoms with E-state index in [2.05, 4.69) is 30.3 Å². The summed E-state index contributed by atoms with van der Waals surface area (Å²) in [5.74, 6) is 2.81. The molecule has 0 amide bonds. The second-order valence-electron chi connectivity index (χ2n) is 6.00. The van der Waals surface area contributed by atoms with Crippen molar-refractivity contribution in [1.29, 1.82) is 0 Å². The molecule has 0 radical (unpaired) electrons. The molecule has 0 aromatic carbocycles. The molecule has 0 spiro atoms. The molecule has 1 saturated carbocycles. The zero-order chi connectivity index (χ0) is 13.8. The monoisotopic (exact) mass is 265 g/mol. The first-order valence-corrected chi connectivity index (χ1v) is 7.38. The first kappa shape index (κ1) is 14.4. The molecule has 4 heteroatoms. The zero-order valence-electron chi connectivity index (χ0n) is 12.6. The highest BCUT2D eigenvalue weighted by Crippen LogP contribution is 2.31. The van der Waals surface area contributed by atoms with Gasteiger partial charge in [-0.1, -0.05) is 13.8 Å². The number of aromatic nitrogens is 2. The molecule has 1 heterocycles. The molecular weight excluding hydrogens is 238 g/mol. The highest BCUT2D eigenvalue weighted by molar-refractivity contribution is 5.38. The van der Waals surface area contributed by atoms with Crippen LogP contribution in [0.2, 0.25) is 0 Å². The summed E-state index contributed by atoms with van der Waals surface area (Å²) in [4.78, 5) is 0. The van der Waals surface area contributed by atoms with Gasteiger partial charge in [0, 0.05) is 32.7 Å². The molecule has 1 aliphatic carbocycles. The number of nitrogens with one attached hydrogen (secondary N) is 1. The zero-order valence-corrected chi connectivity index (χ0v) is 12.6. The maximum atomic E-state index is 5.10. The van der Waals surface area contributed by atoms with Crippen molar-refractivity contribution in [2.75, 3.05) is 19.0 Å². The van der Waals surface area contributed by atoms with Gasteiger partial charge in [0.05, 0.1) is 12.3 Å². The van der Waals surface area contributed by atoms with Gasteiger partial charge in [0.2, 0.25) is 0 Å². The molecule has 1 aliphatic rings. The standard InChI is InChI=1S/C15H27N3O/c1-11-5-6-13(9-12(11)2)16-15-10-14(7-8-19-4)17-18(15)3/h10-13,16H,5-9H2,1-4H3/t11-,12+,13+/m0/s1. The SMILES string of the molecule is COCCc1cc(N[C@@H]2CC[C@H](C)[C@H](C)C2)n(C)n1. The third-order valence-electron chi connectivity index (χ3n) is 4.44. The smallest absolute Gasteiger partial charge is 0.124 e. The van der Waals surface area contributed by atoms with Crippen LogP contribution in [0, 0.1) is 11.8 Å². The number of hydrogen-bond donors (Lipinski definition) is 1. The van der Waals surface area contributed by atoms with Crippen LogP contribution in [0.15, 0.2) is 6.07 Å². The lowest BCUT2D eigenvalue weighted by atomic mass is 9.79. The fraction of sp³-hybridized carbons (Fsp3) is 0.800. The number of aryl methyl sites for hydroxylation is 1. The minimum absolute atomic E-state index is 0.594. The molecular formula is C15H27N3O. The van der Waals surface area contributed by atoms with Crippen molar-refractivity contribution < 1.29 is 4.74 Å². The molecule has 0 bridgehead atoms. The van der Waals surface area contributed by atoms with Crippen molar-refractivity contribution >= 4 is 5.82 Å². The molecule has 1 aromatic heterocycles. The minimum Gasteiger partial charge on any atom is -0.384 e. The van der Waals surface area contributed by atoms with Crippen LogP contribution in [0.5, 0.6) is 0 Å². The number of anilines is 1. The van der Waals surface area contributed by atoms with Gasteiger partial charge >= 0.3 is 0 Å². The number of hydrogen-bond acceptors (Lipinski definition) is 3.